The zero-order valence-electron chi connectivity index (χ0n) is 17.0. The molecular formula is C19H29N3O6S. The first-order valence-electron chi connectivity index (χ1n) is 9.46. The van der Waals surface area contributed by atoms with Gasteiger partial charge in [0, 0.05) is 46.0 Å². The van der Waals surface area contributed by atoms with Crippen molar-refractivity contribution in [2.45, 2.75) is 30.7 Å². The molecule has 2 N–H and O–H groups in total. The van der Waals surface area contributed by atoms with Gasteiger partial charge in [-0.15, -0.1) is 0 Å². The Kier molecular flexibility index (Phi) is 8.57. The standard InChI is InChI=1S/C19H29N3O6S/c1-14(13-28-3)22-12-15(11-18(22)23)19(24)21-16-5-7-17(8-6-16)29(25,26)20-9-4-10-27-2/h5-8,14-15,20H,4,9-13H2,1-3H3,(H,21,24)/t14-,15-/m0/s1. The van der Waals surface area contributed by atoms with E-state index in [1.54, 1.807) is 19.1 Å². The number of sulfonamides is 1. The number of hydrogen-bond acceptors (Lipinski definition) is 6. The van der Waals surface area contributed by atoms with Gasteiger partial charge in [0.1, 0.15) is 0 Å². The molecule has 1 saturated heterocycles. The molecule has 0 aromatic heterocycles. The van der Waals surface area contributed by atoms with Crippen molar-refractivity contribution >= 4 is 27.5 Å². The van der Waals surface area contributed by atoms with Crippen LogP contribution in [-0.2, 0) is 29.1 Å². The van der Waals surface area contributed by atoms with Crippen LogP contribution in [0.4, 0.5) is 5.69 Å². The fourth-order valence-electron chi connectivity index (χ4n) is 3.13. The van der Waals surface area contributed by atoms with E-state index < -0.39 is 15.9 Å². The van der Waals surface area contributed by atoms with Crippen molar-refractivity contribution in [2.75, 3.05) is 45.8 Å². The Balaban J connectivity index is 1.92. The Morgan fingerprint density at radius 2 is 1.93 bits per heavy atom. The largest absolute Gasteiger partial charge is 0.385 e. The van der Waals surface area contributed by atoms with Crippen molar-refractivity contribution in [3.63, 3.8) is 0 Å². The summed E-state index contributed by atoms with van der Waals surface area (Å²) in [5.41, 5.74) is 0.476. The minimum atomic E-state index is -3.61. The van der Waals surface area contributed by atoms with Crippen molar-refractivity contribution in [2.24, 2.45) is 5.92 Å². The minimum absolute atomic E-state index is 0.0734. The molecule has 1 aliphatic heterocycles. The number of carbonyl (C=O) groups is 2. The van der Waals surface area contributed by atoms with Gasteiger partial charge in [-0.3, -0.25) is 9.59 Å². The van der Waals surface area contributed by atoms with E-state index in [1.807, 2.05) is 6.92 Å². The lowest BCUT2D eigenvalue weighted by atomic mass is 10.1. The topological polar surface area (TPSA) is 114 Å². The number of nitrogens with zero attached hydrogens (tertiary/aromatic N) is 1. The molecule has 1 fully saturated rings. The Morgan fingerprint density at radius 3 is 2.55 bits per heavy atom. The van der Waals surface area contributed by atoms with Gasteiger partial charge in [-0.1, -0.05) is 0 Å². The molecule has 0 bridgehead atoms. The number of benzene rings is 1. The molecule has 1 aromatic rings. The summed E-state index contributed by atoms with van der Waals surface area (Å²) in [6, 6.07) is 5.83. The Morgan fingerprint density at radius 1 is 1.24 bits per heavy atom. The first kappa shape index (κ1) is 23.3. The first-order valence-corrected chi connectivity index (χ1v) is 10.9. The Labute approximate surface area is 171 Å². The zero-order chi connectivity index (χ0) is 21.4. The molecule has 1 aliphatic rings. The van der Waals surface area contributed by atoms with Gasteiger partial charge in [0.25, 0.3) is 0 Å². The highest BCUT2D eigenvalue weighted by Crippen LogP contribution is 2.22. The molecule has 162 valence electrons. The van der Waals surface area contributed by atoms with Crippen LogP contribution in [-0.4, -0.2) is 71.7 Å². The monoisotopic (exact) mass is 427 g/mol. The van der Waals surface area contributed by atoms with Gasteiger partial charge in [-0.05, 0) is 37.6 Å². The third-order valence-corrected chi connectivity index (χ3v) is 6.20. The van der Waals surface area contributed by atoms with Crippen LogP contribution >= 0.6 is 0 Å². The molecule has 2 atom stereocenters. The lowest BCUT2D eigenvalue weighted by Crippen LogP contribution is -2.38. The predicted molar refractivity (Wildman–Crippen MR) is 108 cm³/mol. The fourth-order valence-corrected chi connectivity index (χ4v) is 4.21. The molecule has 9 nitrogen and oxygen atoms in total. The highest BCUT2D eigenvalue weighted by molar-refractivity contribution is 7.89. The van der Waals surface area contributed by atoms with Gasteiger partial charge in [0.15, 0.2) is 0 Å². The molecular weight excluding hydrogens is 398 g/mol. The summed E-state index contributed by atoms with van der Waals surface area (Å²) in [5.74, 6) is -0.790. The number of anilines is 1. The van der Waals surface area contributed by atoms with Crippen LogP contribution in [0.15, 0.2) is 29.2 Å². The van der Waals surface area contributed by atoms with Gasteiger partial charge in [0.05, 0.1) is 23.5 Å². The van der Waals surface area contributed by atoms with E-state index in [0.29, 0.717) is 31.9 Å². The molecule has 0 unspecified atom stereocenters. The number of likely N-dealkylation sites (tertiary alicyclic amines) is 1. The van der Waals surface area contributed by atoms with Gasteiger partial charge in [0.2, 0.25) is 21.8 Å². The second kappa shape index (κ2) is 10.7. The van der Waals surface area contributed by atoms with Gasteiger partial charge < -0.3 is 19.7 Å². The van der Waals surface area contributed by atoms with Crippen molar-refractivity contribution < 1.29 is 27.5 Å². The summed E-state index contributed by atoms with van der Waals surface area (Å²) in [6.45, 7) is 3.38. The normalized spacial score (nSPS) is 18.1. The van der Waals surface area contributed by atoms with Crippen molar-refractivity contribution in [3.8, 4) is 0 Å². The number of rotatable bonds is 11. The van der Waals surface area contributed by atoms with Crippen molar-refractivity contribution in [3.05, 3.63) is 24.3 Å². The van der Waals surface area contributed by atoms with Crippen molar-refractivity contribution in [1.82, 2.24) is 9.62 Å². The molecule has 0 saturated carbocycles. The predicted octanol–water partition coefficient (Wildman–Crippen LogP) is 0.823. The Hall–Kier alpha value is -2.01. The van der Waals surface area contributed by atoms with Crippen LogP contribution in [0.25, 0.3) is 0 Å². The van der Waals surface area contributed by atoms with E-state index in [-0.39, 0.29) is 35.7 Å². The Bertz CT molecular complexity index is 797. The van der Waals surface area contributed by atoms with E-state index >= 15 is 0 Å². The highest BCUT2D eigenvalue weighted by Gasteiger charge is 2.36. The number of methoxy groups -OCH3 is 2. The molecule has 2 amide bonds. The average Bonchev–Trinajstić information content (AvgIpc) is 3.08. The molecule has 10 heteroatoms. The molecule has 0 radical (unpaired) electrons. The summed E-state index contributed by atoms with van der Waals surface area (Å²) >= 11 is 0. The maximum absolute atomic E-state index is 12.5. The van der Waals surface area contributed by atoms with Gasteiger partial charge in [-0.25, -0.2) is 13.1 Å². The summed E-state index contributed by atoms with van der Waals surface area (Å²) in [4.78, 5) is 26.4. The first-order chi connectivity index (χ1) is 13.8. The van der Waals surface area contributed by atoms with Crippen LogP contribution in [0.5, 0.6) is 0 Å². The highest BCUT2D eigenvalue weighted by atomic mass is 32.2. The zero-order valence-corrected chi connectivity index (χ0v) is 17.8. The quantitative estimate of drug-likeness (QED) is 0.506. The lowest BCUT2D eigenvalue weighted by Gasteiger charge is -2.23. The molecule has 2 rings (SSSR count). The van der Waals surface area contributed by atoms with Crippen LogP contribution in [0, 0.1) is 5.92 Å². The summed E-state index contributed by atoms with van der Waals surface area (Å²) in [7, 11) is -0.487. The second-order valence-corrected chi connectivity index (χ2v) is 8.78. The van der Waals surface area contributed by atoms with E-state index in [4.69, 9.17) is 9.47 Å². The number of amides is 2. The number of carbonyl (C=O) groups excluding carboxylic acids is 2. The average molecular weight is 428 g/mol. The van der Waals surface area contributed by atoms with E-state index in [9.17, 15) is 18.0 Å². The number of ether oxygens (including phenoxy) is 2. The third kappa shape index (κ3) is 6.49. The molecule has 0 spiro atoms. The summed E-state index contributed by atoms with van der Waals surface area (Å²) in [6.07, 6.45) is 0.724. The van der Waals surface area contributed by atoms with E-state index in [2.05, 4.69) is 10.0 Å². The van der Waals surface area contributed by atoms with E-state index in [1.165, 1.54) is 24.3 Å². The number of nitrogens with one attached hydrogen (secondary N) is 2. The second-order valence-electron chi connectivity index (χ2n) is 7.01. The van der Waals surface area contributed by atoms with Crippen molar-refractivity contribution in [1.29, 1.82) is 0 Å². The lowest BCUT2D eigenvalue weighted by molar-refractivity contribution is -0.130. The molecule has 1 heterocycles. The van der Waals surface area contributed by atoms with Crippen LogP contribution < -0.4 is 10.0 Å². The maximum Gasteiger partial charge on any atom is 0.240 e. The molecule has 1 aromatic carbocycles. The maximum atomic E-state index is 12.5. The SMILES string of the molecule is COCCCNS(=O)(=O)c1ccc(NC(=O)[C@H]2CC(=O)N([C@@H](C)COC)C2)cc1. The van der Waals surface area contributed by atoms with Gasteiger partial charge in [-0.2, -0.15) is 0 Å². The summed E-state index contributed by atoms with van der Waals surface area (Å²) in [5, 5.41) is 2.75. The fraction of sp³-hybridized carbons (Fsp3) is 0.579. The summed E-state index contributed by atoms with van der Waals surface area (Å²) < 4.78 is 36.9. The minimum Gasteiger partial charge on any atom is -0.385 e. The van der Waals surface area contributed by atoms with Crippen LogP contribution in [0.1, 0.15) is 19.8 Å². The third-order valence-electron chi connectivity index (χ3n) is 4.72. The molecule has 29 heavy (non-hydrogen) atoms. The van der Waals surface area contributed by atoms with Crippen LogP contribution in [0.3, 0.4) is 0 Å². The van der Waals surface area contributed by atoms with Crippen LogP contribution in [0.2, 0.25) is 0 Å². The number of hydrogen-bond donors (Lipinski definition) is 2. The van der Waals surface area contributed by atoms with E-state index in [0.717, 1.165) is 0 Å². The smallest absolute Gasteiger partial charge is 0.240 e. The van der Waals surface area contributed by atoms with Gasteiger partial charge >= 0.3 is 0 Å². The molecule has 0 aliphatic carbocycles.